The van der Waals surface area contributed by atoms with Crippen molar-refractivity contribution in [1.82, 2.24) is 9.97 Å². The van der Waals surface area contributed by atoms with Gasteiger partial charge in [0, 0.05) is 12.4 Å². The molecule has 7 nitrogen and oxygen atoms in total. The highest BCUT2D eigenvalue weighted by Crippen LogP contribution is 2.30. The molecule has 1 N–H and O–H groups in total. The van der Waals surface area contributed by atoms with Gasteiger partial charge in [-0.2, -0.15) is 13.2 Å². The summed E-state index contributed by atoms with van der Waals surface area (Å²) in [6, 6.07) is -2.56. The first-order valence-electron chi connectivity index (χ1n) is 6.73. The van der Waals surface area contributed by atoms with Gasteiger partial charge in [0.2, 0.25) is 0 Å². The van der Waals surface area contributed by atoms with Gasteiger partial charge in [-0.15, -0.1) is 0 Å². The Hall–Kier alpha value is -2.39. The number of nitrogens with zero attached hydrogens (tertiary/aromatic N) is 2. The number of rotatable bonds is 7. The predicted molar refractivity (Wildman–Crippen MR) is 72.3 cm³/mol. The van der Waals surface area contributed by atoms with Gasteiger partial charge < -0.3 is 14.8 Å². The van der Waals surface area contributed by atoms with Gasteiger partial charge in [0.25, 0.3) is 0 Å². The first-order chi connectivity index (χ1) is 10.8. The Bertz CT molecular complexity index is 507. The summed E-state index contributed by atoms with van der Waals surface area (Å²) < 4.78 is 49.1. The summed E-state index contributed by atoms with van der Waals surface area (Å²) in [7, 11) is 0. The van der Waals surface area contributed by atoms with E-state index in [-0.39, 0.29) is 19.0 Å². The van der Waals surface area contributed by atoms with Gasteiger partial charge in [-0.3, -0.25) is 14.6 Å². The molecule has 0 amide bonds. The zero-order valence-corrected chi connectivity index (χ0v) is 12.5. The molecule has 1 unspecified atom stereocenters. The summed E-state index contributed by atoms with van der Waals surface area (Å²) in [5.74, 6) is -5.11. The number of hydrogen-bond acceptors (Lipinski definition) is 7. The Morgan fingerprint density at radius 2 is 1.74 bits per heavy atom. The van der Waals surface area contributed by atoms with Gasteiger partial charge in [-0.1, -0.05) is 0 Å². The van der Waals surface area contributed by atoms with Crippen LogP contribution in [0.2, 0.25) is 0 Å². The molecule has 0 aliphatic carbocycles. The molecule has 128 valence electrons. The molecule has 23 heavy (non-hydrogen) atoms. The average molecular weight is 335 g/mol. The average Bonchev–Trinajstić information content (AvgIpc) is 2.47. The van der Waals surface area contributed by atoms with Crippen LogP contribution in [0.1, 0.15) is 13.8 Å². The molecule has 0 aliphatic heterocycles. The zero-order valence-electron chi connectivity index (χ0n) is 12.5. The van der Waals surface area contributed by atoms with Crippen molar-refractivity contribution in [2.45, 2.75) is 26.1 Å². The SMILES string of the molecule is CCOC(=O)C(C(=O)OCC)C(Nc1cnccn1)C(F)(F)F. The molecule has 0 aliphatic rings. The molecular weight excluding hydrogens is 319 g/mol. The van der Waals surface area contributed by atoms with Crippen molar-refractivity contribution in [1.29, 1.82) is 0 Å². The van der Waals surface area contributed by atoms with Gasteiger partial charge in [-0.05, 0) is 13.8 Å². The number of carbonyl (C=O) groups is 2. The fraction of sp³-hybridized carbons (Fsp3) is 0.538. The van der Waals surface area contributed by atoms with E-state index < -0.39 is 30.1 Å². The third-order valence-corrected chi connectivity index (χ3v) is 2.63. The standard InChI is InChI=1S/C13H16F3N3O4/c1-3-22-11(20)9(12(21)23-4-2)10(13(14,15)16)19-8-7-17-5-6-18-8/h5-7,9-10H,3-4H2,1-2H3,(H,18,19). The molecule has 1 rings (SSSR count). The minimum Gasteiger partial charge on any atom is -0.465 e. The number of aromatic nitrogens is 2. The second-order valence-corrected chi connectivity index (χ2v) is 4.24. The van der Waals surface area contributed by atoms with E-state index in [2.05, 4.69) is 19.4 Å². The molecule has 0 spiro atoms. The second kappa shape index (κ2) is 8.30. The van der Waals surface area contributed by atoms with Crippen molar-refractivity contribution in [2.75, 3.05) is 18.5 Å². The zero-order chi connectivity index (χ0) is 17.5. The lowest BCUT2D eigenvalue weighted by atomic mass is 9.99. The number of hydrogen-bond donors (Lipinski definition) is 1. The van der Waals surface area contributed by atoms with E-state index in [1.807, 2.05) is 5.32 Å². The van der Waals surface area contributed by atoms with Gasteiger partial charge in [0.05, 0.1) is 19.4 Å². The highest BCUT2D eigenvalue weighted by molar-refractivity contribution is 5.96. The Morgan fingerprint density at radius 1 is 1.17 bits per heavy atom. The third-order valence-electron chi connectivity index (χ3n) is 2.63. The molecule has 0 saturated heterocycles. The summed E-state index contributed by atoms with van der Waals surface area (Å²) in [6.45, 7) is 2.48. The summed E-state index contributed by atoms with van der Waals surface area (Å²) in [6.07, 6.45) is -1.46. The molecule has 1 aromatic heterocycles. The van der Waals surface area contributed by atoms with Crippen LogP contribution in [0.3, 0.4) is 0 Å². The lowest BCUT2D eigenvalue weighted by molar-refractivity contribution is -0.184. The number of alkyl halides is 3. The van der Waals surface area contributed by atoms with Gasteiger partial charge in [-0.25, -0.2) is 4.98 Å². The lowest BCUT2D eigenvalue weighted by Gasteiger charge is -2.27. The van der Waals surface area contributed by atoms with Crippen LogP contribution in [0.5, 0.6) is 0 Å². The first kappa shape index (κ1) is 18.7. The van der Waals surface area contributed by atoms with Crippen LogP contribution in [0.4, 0.5) is 19.0 Å². The van der Waals surface area contributed by atoms with Gasteiger partial charge in [0.1, 0.15) is 11.9 Å². The molecule has 0 aromatic carbocycles. The number of halogens is 3. The van der Waals surface area contributed by atoms with E-state index in [0.717, 1.165) is 6.20 Å². The molecule has 0 radical (unpaired) electrons. The monoisotopic (exact) mass is 335 g/mol. The van der Waals surface area contributed by atoms with E-state index in [1.165, 1.54) is 26.2 Å². The third kappa shape index (κ3) is 5.38. The van der Waals surface area contributed by atoms with Crippen molar-refractivity contribution in [3.63, 3.8) is 0 Å². The van der Waals surface area contributed by atoms with E-state index in [4.69, 9.17) is 0 Å². The quantitative estimate of drug-likeness (QED) is 0.597. The summed E-state index contributed by atoms with van der Waals surface area (Å²) in [5.41, 5.74) is 0. The van der Waals surface area contributed by atoms with Gasteiger partial charge in [0.15, 0.2) is 5.92 Å². The molecule has 10 heteroatoms. The van der Waals surface area contributed by atoms with Crippen molar-refractivity contribution in [2.24, 2.45) is 5.92 Å². The Morgan fingerprint density at radius 3 is 2.13 bits per heavy atom. The fourth-order valence-electron chi connectivity index (χ4n) is 1.72. The molecular formula is C13H16F3N3O4. The molecule has 1 heterocycles. The number of nitrogens with one attached hydrogen (secondary N) is 1. The van der Waals surface area contributed by atoms with E-state index in [1.54, 1.807) is 0 Å². The van der Waals surface area contributed by atoms with Gasteiger partial charge >= 0.3 is 18.1 Å². The van der Waals surface area contributed by atoms with E-state index in [0.29, 0.717) is 0 Å². The summed E-state index contributed by atoms with van der Waals surface area (Å²) in [4.78, 5) is 30.9. The summed E-state index contributed by atoms with van der Waals surface area (Å²) in [5, 5.41) is 2.00. The normalized spacial score (nSPS) is 12.6. The predicted octanol–water partition coefficient (Wildman–Crippen LogP) is 1.56. The van der Waals surface area contributed by atoms with Crippen molar-refractivity contribution in [3.8, 4) is 0 Å². The van der Waals surface area contributed by atoms with Crippen LogP contribution in [0.25, 0.3) is 0 Å². The van der Waals surface area contributed by atoms with Crippen LogP contribution >= 0.6 is 0 Å². The molecule has 1 aromatic rings. The van der Waals surface area contributed by atoms with Crippen LogP contribution in [-0.2, 0) is 19.1 Å². The van der Waals surface area contributed by atoms with E-state index in [9.17, 15) is 22.8 Å². The van der Waals surface area contributed by atoms with E-state index >= 15 is 0 Å². The fourth-order valence-corrected chi connectivity index (χ4v) is 1.72. The van der Waals surface area contributed by atoms with Crippen molar-refractivity contribution in [3.05, 3.63) is 18.6 Å². The first-order valence-corrected chi connectivity index (χ1v) is 6.73. The highest BCUT2D eigenvalue weighted by Gasteiger charge is 2.52. The Kier molecular flexibility index (Phi) is 6.73. The number of carbonyl (C=O) groups excluding carboxylic acids is 2. The maximum atomic E-state index is 13.3. The molecule has 0 saturated carbocycles. The Labute approximate surface area is 130 Å². The lowest BCUT2D eigenvalue weighted by Crippen LogP contribution is -2.50. The smallest absolute Gasteiger partial charge is 0.410 e. The molecule has 0 bridgehead atoms. The Balaban J connectivity index is 3.16. The van der Waals surface area contributed by atoms with Crippen LogP contribution < -0.4 is 5.32 Å². The van der Waals surface area contributed by atoms with Crippen LogP contribution in [0, 0.1) is 5.92 Å². The van der Waals surface area contributed by atoms with Crippen molar-refractivity contribution < 1.29 is 32.2 Å². The highest BCUT2D eigenvalue weighted by atomic mass is 19.4. The number of ether oxygens (including phenoxy) is 2. The van der Waals surface area contributed by atoms with Crippen molar-refractivity contribution >= 4 is 17.8 Å². The second-order valence-electron chi connectivity index (χ2n) is 4.24. The van der Waals surface area contributed by atoms with Crippen LogP contribution in [-0.4, -0.2) is 47.3 Å². The maximum Gasteiger partial charge on any atom is 0.410 e. The minimum absolute atomic E-state index is 0.176. The summed E-state index contributed by atoms with van der Waals surface area (Å²) >= 11 is 0. The number of anilines is 1. The maximum absolute atomic E-state index is 13.3. The largest absolute Gasteiger partial charge is 0.465 e. The topological polar surface area (TPSA) is 90.4 Å². The molecule has 0 fully saturated rings. The number of esters is 2. The minimum atomic E-state index is -4.93. The molecule has 1 atom stereocenters. The van der Waals surface area contributed by atoms with Crippen LogP contribution in [0.15, 0.2) is 18.6 Å².